The van der Waals surface area contributed by atoms with Gasteiger partial charge in [0.05, 0.1) is 11.7 Å². The molecule has 2 fully saturated rings. The first-order chi connectivity index (χ1) is 14.2. The van der Waals surface area contributed by atoms with Gasteiger partial charge in [-0.3, -0.25) is 0 Å². The zero-order valence-corrected chi connectivity index (χ0v) is 17.4. The lowest BCUT2D eigenvalue weighted by atomic mass is 9.67. The number of fused-ring (bicyclic) bond motifs is 7. The van der Waals surface area contributed by atoms with Crippen LogP contribution in [0.15, 0.2) is 30.3 Å². The van der Waals surface area contributed by atoms with Gasteiger partial charge < -0.3 is 26.6 Å². The summed E-state index contributed by atoms with van der Waals surface area (Å²) in [5, 5.41) is 19.7. The molecule has 5 rings (SSSR count). The largest absolute Gasteiger partial charge is 0.398 e. The average Bonchev–Trinajstić information content (AvgIpc) is 3.36. The Morgan fingerprint density at radius 1 is 1.14 bits per heavy atom. The number of anilines is 3. The molecule has 5 nitrogen and oxygen atoms in total. The molecule has 2 aliphatic carbocycles. The molecule has 29 heavy (non-hydrogen) atoms. The second-order valence-corrected chi connectivity index (χ2v) is 9.14. The van der Waals surface area contributed by atoms with E-state index in [0.29, 0.717) is 29.4 Å². The van der Waals surface area contributed by atoms with E-state index in [1.807, 2.05) is 12.3 Å². The Morgan fingerprint density at radius 2 is 1.97 bits per heavy atom. The molecule has 0 aromatic heterocycles. The monoisotopic (exact) mass is 405 g/mol. The molecule has 2 saturated carbocycles. The van der Waals surface area contributed by atoms with Gasteiger partial charge in [-0.05, 0) is 78.3 Å². The number of nitrogens with one attached hydrogen (secondary N) is 4. The average molecular weight is 406 g/mol. The second kappa shape index (κ2) is 7.10. The summed E-state index contributed by atoms with van der Waals surface area (Å²) in [6.07, 6.45) is 8.78. The van der Waals surface area contributed by atoms with Crippen molar-refractivity contribution in [3.8, 4) is 0 Å². The molecule has 2 aromatic rings. The topological polar surface area (TPSA) is 97.8 Å². The number of nitrogen functional groups attached to an aromatic ring is 1. The van der Waals surface area contributed by atoms with Crippen LogP contribution in [-0.2, 0) is 0 Å². The molecule has 3 unspecified atom stereocenters. The van der Waals surface area contributed by atoms with Crippen LogP contribution in [0.5, 0.6) is 0 Å². The van der Waals surface area contributed by atoms with Crippen LogP contribution in [0.25, 0.3) is 0 Å². The fourth-order valence-electron chi connectivity index (χ4n) is 6.20. The fraction of sp³-hybridized carbons (Fsp3) is 0.391. The van der Waals surface area contributed by atoms with E-state index in [2.05, 4.69) is 34.3 Å². The Bertz CT molecular complexity index is 987. The molecule has 5 atom stereocenters. The molecule has 2 aromatic carbocycles. The Morgan fingerprint density at radius 3 is 2.72 bits per heavy atom. The van der Waals surface area contributed by atoms with Gasteiger partial charge in [0.25, 0.3) is 0 Å². The van der Waals surface area contributed by atoms with Crippen molar-refractivity contribution in [3.05, 3.63) is 52.6 Å². The van der Waals surface area contributed by atoms with Crippen LogP contribution >= 0.6 is 11.9 Å². The van der Waals surface area contributed by atoms with Crippen molar-refractivity contribution in [1.82, 2.24) is 0 Å². The van der Waals surface area contributed by atoms with E-state index in [4.69, 9.17) is 16.6 Å². The van der Waals surface area contributed by atoms with E-state index >= 15 is 0 Å². The highest BCUT2D eigenvalue weighted by atomic mass is 32.2. The molecule has 0 spiro atoms. The van der Waals surface area contributed by atoms with E-state index < -0.39 is 0 Å². The lowest BCUT2D eigenvalue weighted by Gasteiger charge is -2.44. The van der Waals surface area contributed by atoms with Crippen LogP contribution in [0.4, 0.5) is 17.1 Å². The van der Waals surface area contributed by atoms with Crippen molar-refractivity contribution in [3.63, 3.8) is 0 Å². The molecule has 150 valence electrons. The molecule has 3 aliphatic rings. The third kappa shape index (κ3) is 2.76. The number of hydrogen-bond donors (Lipinski definition) is 5. The highest BCUT2D eigenvalue weighted by Crippen LogP contribution is 2.64. The quantitative estimate of drug-likeness (QED) is 0.266. The summed E-state index contributed by atoms with van der Waals surface area (Å²) in [4.78, 5) is 0. The van der Waals surface area contributed by atoms with E-state index in [0.717, 1.165) is 22.5 Å². The normalized spacial score (nSPS) is 28.9. The van der Waals surface area contributed by atoms with Crippen molar-refractivity contribution in [2.45, 2.75) is 31.2 Å². The van der Waals surface area contributed by atoms with Crippen LogP contribution < -0.4 is 15.8 Å². The van der Waals surface area contributed by atoms with Crippen molar-refractivity contribution < 1.29 is 0 Å². The van der Waals surface area contributed by atoms with E-state index in [9.17, 15) is 0 Å². The molecule has 2 bridgehead atoms. The first-order valence-electron chi connectivity index (χ1n) is 10.3. The molecule has 1 aliphatic heterocycles. The molecule has 0 saturated heterocycles. The zero-order valence-electron chi connectivity index (χ0n) is 16.5. The maximum absolute atomic E-state index is 8.14. The summed E-state index contributed by atoms with van der Waals surface area (Å²) in [5.74, 6) is 2.42. The van der Waals surface area contributed by atoms with Crippen molar-refractivity contribution in [2.75, 3.05) is 22.0 Å². The maximum Gasteiger partial charge on any atom is 0.0550 e. The van der Waals surface area contributed by atoms with Gasteiger partial charge in [-0.1, -0.05) is 18.0 Å². The predicted octanol–water partition coefficient (Wildman–Crippen LogP) is 5.25. The molecular formula is C23H27N5S. The molecule has 6 N–H and O–H groups in total. The second-order valence-electron chi connectivity index (χ2n) is 8.53. The zero-order chi connectivity index (χ0) is 20.1. The summed E-state index contributed by atoms with van der Waals surface area (Å²) in [5.41, 5.74) is 13.3. The minimum absolute atomic E-state index is 0.222. The molecule has 0 amide bonds. The fourth-order valence-corrected chi connectivity index (χ4v) is 6.60. The number of nitrogens with two attached hydrogens (primary N) is 1. The summed E-state index contributed by atoms with van der Waals surface area (Å²) >= 11 is 1.57. The standard InChI is InChI=1S/C23H27N5S/c1-29-28-18-6-7-19-22(16(18)11-25)20-12-2-3-13(8-12)21(20)23(27-19)14-4-5-17(26)15(9-14)10-24/h4-7,9-13,20-21,23-25,27-28H,2-3,8,26H2,1H3/t12?,13?,20?,21-,23+/m1/s1. The van der Waals surface area contributed by atoms with Crippen LogP contribution in [0.2, 0.25) is 0 Å². The van der Waals surface area contributed by atoms with Gasteiger partial charge in [-0.15, -0.1) is 0 Å². The molecule has 0 radical (unpaired) electrons. The summed E-state index contributed by atoms with van der Waals surface area (Å²) in [6, 6.07) is 10.6. The van der Waals surface area contributed by atoms with Gasteiger partial charge in [-0.2, -0.15) is 0 Å². The number of rotatable bonds is 5. The minimum atomic E-state index is 0.222. The van der Waals surface area contributed by atoms with Crippen LogP contribution in [0.3, 0.4) is 0 Å². The first kappa shape index (κ1) is 18.6. The van der Waals surface area contributed by atoms with E-state index in [1.165, 1.54) is 42.8 Å². The predicted molar refractivity (Wildman–Crippen MR) is 124 cm³/mol. The summed E-state index contributed by atoms with van der Waals surface area (Å²) < 4.78 is 3.36. The lowest BCUT2D eigenvalue weighted by molar-refractivity contribution is 0.247. The summed E-state index contributed by atoms with van der Waals surface area (Å²) in [6.45, 7) is 0. The first-order valence-corrected chi connectivity index (χ1v) is 11.5. The van der Waals surface area contributed by atoms with E-state index in [1.54, 1.807) is 11.9 Å². The smallest absolute Gasteiger partial charge is 0.0550 e. The van der Waals surface area contributed by atoms with Gasteiger partial charge in [0, 0.05) is 41.2 Å². The van der Waals surface area contributed by atoms with Gasteiger partial charge in [0.2, 0.25) is 0 Å². The third-order valence-corrected chi connectivity index (χ3v) is 7.70. The van der Waals surface area contributed by atoms with Gasteiger partial charge in [0.1, 0.15) is 0 Å². The van der Waals surface area contributed by atoms with E-state index in [-0.39, 0.29) is 6.04 Å². The van der Waals surface area contributed by atoms with Crippen molar-refractivity contribution >= 4 is 41.4 Å². The van der Waals surface area contributed by atoms with Crippen molar-refractivity contribution in [1.29, 1.82) is 10.8 Å². The highest BCUT2D eigenvalue weighted by Gasteiger charge is 2.54. The van der Waals surface area contributed by atoms with Gasteiger partial charge in [0.15, 0.2) is 0 Å². The Kier molecular flexibility index (Phi) is 4.54. The molecule has 1 heterocycles. The summed E-state index contributed by atoms with van der Waals surface area (Å²) in [7, 11) is 0. The highest BCUT2D eigenvalue weighted by molar-refractivity contribution is 7.99. The Hall–Kier alpha value is -2.47. The Labute approximate surface area is 176 Å². The minimum Gasteiger partial charge on any atom is -0.398 e. The number of hydrogen-bond acceptors (Lipinski definition) is 6. The maximum atomic E-state index is 8.14. The lowest BCUT2D eigenvalue weighted by Crippen LogP contribution is -2.36. The SMILES string of the molecule is CSNc1ccc2c(c1C=N)C1C3CCC(C3)[C@H]1[C@H](c1ccc(N)c(C=N)c1)N2. The van der Waals surface area contributed by atoms with Gasteiger partial charge in [-0.25, -0.2) is 0 Å². The van der Waals surface area contributed by atoms with Crippen LogP contribution in [-0.4, -0.2) is 18.7 Å². The molecular weight excluding hydrogens is 378 g/mol. The van der Waals surface area contributed by atoms with Crippen molar-refractivity contribution in [2.24, 2.45) is 17.8 Å². The Balaban J connectivity index is 1.65. The molecule has 6 heteroatoms. The van der Waals surface area contributed by atoms with Crippen LogP contribution in [0, 0.1) is 28.6 Å². The van der Waals surface area contributed by atoms with Gasteiger partial charge >= 0.3 is 0 Å². The third-order valence-electron chi connectivity index (χ3n) is 7.28. The van der Waals surface area contributed by atoms with Crippen LogP contribution in [0.1, 0.15) is 53.5 Å². The number of benzene rings is 2.